The first kappa shape index (κ1) is 8.18. The Morgan fingerprint density at radius 1 is 1.33 bits per heavy atom. The third kappa shape index (κ3) is 1.24. The molecular formula is C5H4FN3O3. The average Bonchev–Trinajstić information content (AvgIpc) is 2.28. The molecule has 1 aliphatic rings. The first-order chi connectivity index (χ1) is 5.52. The fourth-order valence-electron chi connectivity index (χ4n) is 0.645. The zero-order chi connectivity index (χ0) is 9.30. The smallest absolute Gasteiger partial charge is 0.326 e. The minimum absolute atomic E-state index is 0.743. The highest BCUT2D eigenvalue weighted by molar-refractivity contribution is 6.14. The van der Waals surface area contributed by atoms with Crippen molar-refractivity contribution < 1.29 is 18.8 Å². The lowest BCUT2D eigenvalue weighted by Gasteiger charge is -1.93. The summed E-state index contributed by atoms with van der Waals surface area (Å²) < 4.78 is 12.6. The molecule has 6 nitrogen and oxygen atoms in total. The van der Waals surface area contributed by atoms with E-state index in [-0.39, 0.29) is 0 Å². The Hall–Kier alpha value is -1.92. The van der Waals surface area contributed by atoms with Crippen LogP contribution in [-0.2, 0) is 9.59 Å². The van der Waals surface area contributed by atoms with Crippen LogP contribution in [0, 0.1) is 0 Å². The number of carbonyl (C=O) groups excluding carboxylic acids is 3. The number of carbonyl (C=O) groups is 3. The van der Waals surface area contributed by atoms with E-state index in [4.69, 9.17) is 0 Å². The molecule has 1 saturated heterocycles. The molecule has 4 N–H and O–H groups in total. The van der Waals surface area contributed by atoms with Crippen molar-refractivity contribution in [2.45, 2.75) is 0 Å². The van der Waals surface area contributed by atoms with Gasteiger partial charge in [-0.1, -0.05) is 0 Å². The monoisotopic (exact) mass is 173 g/mol. The van der Waals surface area contributed by atoms with Crippen LogP contribution < -0.4 is 16.4 Å². The van der Waals surface area contributed by atoms with Crippen LogP contribution in [0.2, 0.25) is 0 Å². The molecule has 0 aromatic rings. The Bertz CT molecular complexity index is 309. The van der Waals surface area contributed by atoms with Crippen molar-refractivity contribution in [3.8, 4) is 0 Å². The van der Waals surface area contributed by atoms with Crippen LogP contribution in [0.25, 0.3) is 0 Å². The van der Waals surface area contributed by atoms with Crippen molar-refractivity contribution in [2.24, 2.45) is 5.73 Å². The minimum Gasteiger partial charge on any atom is -0.364 e. The maximum absolute atomic E-state index is 12.6. The van der Waals surface area contributed by atoms with Gasteiger partial charge in [0.2, 0.25) is 5.83 Å². The van der Waals surface area contributed by atoms with Crippen molar-refractivity contribution in [1.82, 2.24) is 10.6 Å². The third-order valence-corrected chi connectivity index (χ3v) is 1.13. The standard InChI is InChI=1S/C5H4FN3O3/c6-1(3(7)10)2-4(11)9-5(12)8-2/h(H2,7,10)(H2,8,9,11,12). The Kier molecular flexibility index (Phi) is 1.78. The predicted molar refractivity (Wildman–Crippen MR) is 34.0 cm³/mol. The Labute approximate surface area is 65.6 Å². The molecule has 0 radical (unpaired) electrons. The Morgan fingerprint density at radius 2 is 1.92 bits per heavy atom. The van der Waals surface area contributed by atoms with Gasteiger partial charge in [-0.3, -0.25) is 14.9 Å². The number of halogens is 1. The molecule has 1 fully saturated rings. The number of urea groups is 1. The molecule has 64 valence electrons. The van der Waals surface area contributed by atoms with Crippen LogP contribution in [0.3, 0.4) is 0 Å². The van der Waals surface area contributed by atoms with Gasteiger partial charge in [0.1, 0.15) is 0 Å². The number of nitrogens with two attached hydrogens (primary N) is 1. The van der Waals surface area contributed by atoms with Crippen molar-refractivity contribution in [2.75, 3.05) is 0 Å². The van der Waals surface area contributed by atoms with E-state index in [1.54, 1.807) is 10.6 Å². The van der Waals surface area contributed by atoms with E-state index in [9.17, 15) is 18.8 Å². The lowest BCUT2D eigenvalue weighted by Crippen LogP contribution is -2.22. The maximum atomic E-state index is 12.6. The van der Waals surface area contributed by atoms with E-state index in [2.05, 4.69) is 5.73 Å². The number of hydrogen-bond donors (Lipinski definition) is 3. The van der Waals surface area contributed by atoms with Crippen molar-refractivity contribution in [3.05, 3.63) is 11.5 Å². The van der Waals surface area contributed by atoms with Crippen molar-refractivity contribution in [3.63, 3.8) is 0 Å². The largest absolute Gasteiger partial charge is 0.364 e. The summed E-state index contributed by atoms with van der Waals surface area (Å²) in [5, 5.41) is 3.50. The number of rotatable bonds is 1. The Balaban J connectivity index is 3.03. The molecule has 12 heavy (non-hydrogen) atoms. The number of nitrogens with one attached hydrogen (secondary N) is 2. The predicted octanol–water partition coefficient (Wildman–Crippen LogP) is -1.51. The lowest BCUT2D eigenvalue weighted by molar-refractivity contribution is -0.118. The second-order valence-electron chi connectivity index (χ2n) is 1.96. The molecule has 1 aliphatic heterocycles. The fraction of sp³-hybridized carbons (Fsp3) is 0. The van der Waals surface area contributed by atoms with E-state index in [1.165, 1.54) is 0 Å². The topological polar surface area (TPSA) is 101 Å². The molecule has 7 heteroatoms. The summed E-state index contributed by atoms with van der Waals surface area (Å²) in [7, 11) is 0. The first-order valence-electron chi connectivity index (χ1n) is 2.84. The van der Waals surface area contributed by atoms with E-state index in [1.807, 2.05) is 0 Å². The molecule has 0 aromatic heterocycles. The molecule has 4 amide bonds. The molecule has 0 bridgehead atoms. The van der Waals surface area contributed by atoms with Gasteiger partial charge in [-0.15, -0.1) is 0 Å². The molecule has 1 rings (SSSR count). The molecule has 0 aromatic carbocycles. The average molecular weight is 173 g/mol. The zero-order valence-electron chi connectivity index (χ0n) is 5.68. The van der Waals surface area contributed by atoms with Crippen LogP contribution >= 0.6 is 0 Å². The van der Waals surface area contributed by atoms with Crippen LogP contribution in [-0.4, -0.2) is 17.8 Å². The van der Waals surface area contributed by atoms with Gasteiger partial charge in [0, 0.05) is 0 Å². The molecule has 0 atom stereocenters. The summed E-state index contributed by atoms with van der Waals surface area (Å²) in [4.78, 5) is 31.2. The van der Waals surface area contributed by atoms with E-state index in [0.29, 0.717) is 0 Å². The van der Waals surface area contributed by atoms with Crippen molar-refractivity contribution >= 4 is 17.8 Å². The molecule has 0 aliphatic carbocycles. The van der Waals surface area contributed by atoms with Gasteiger partial charge in [-0.2, -0.15) is 4.39 Å². The van der Waals surface area contributed by atoms with Gasteiger partial charge in [-0.05, 0) is 0 Å². The van der Waals surface area contributed by atoms with Gasteiger partial charge < -0.3 is 11.1 Å². The van der Waals surface area contributed by atoms with Gasteiger partial charge >= 0.3 is 6.03 Å². The van der Waals surface area contributed by atoms with E-state index in [0.717, 1.165) is 0 Å². The molecular weight excluding hydrogens is 169 g/mol. The molecule has 0 saturated carbocycles. The van der Waals surface area contributed by atoms with Crippen molar-refractivity contribution in [1.29, 1.82) is 0 Å². The number of imide groups is 1. The summed E-state index contributed by atoms with van der Waals surface area (Å²) in [5.41, 5.74) is 3.78. The van der Waals surface area contributed by atoms with Gasteiger partial charge in [-0.25, -0.2) is 4.79 Å². The van der Waals surface area contributed by atoms with Gasteiger partial charge in [0.15, 0.2) is 5.70 Å². The minimum atomic E-state index is -1.46. The second-order valence-corrected chi connectivity index (χ2v) is 1.96. The summed E-state index contributed by atoms with van der Waals surface area (Å²) in [6.45, 7) is 0. The maximum Gasteiger partial charge on any atom is 0.326 e. The normalized spacial score (nSPS) is 20.1. The van der Waals surface area contributed by atoms with E-state index >= 15 is 0 Å². The summed E-state index contributed by atoms with van der Waals surface area (Å²) >= 11 is 0. The summed E-state index contributed by atoms with van der Waals surface area (Å²) in [6.07, 6.45) is 0. The second kappa shape index (κ2) is 2.61. The quantitative estimate of drug-likeness (QED) is 0.332. The van der Waals surface area contributed by atoms with Crippen LogP contribution in [0.4, 0.5) is 9.18 Å². The number of primary amides is 1. The fourth-order valence-corrected chi connectivity index (χ4v) is 0.645. The van der Waals surface area contributed by atoms with Crippen LogP contribution in [0.15, 0.2) is 11.5 Å². The van der Waals surface area contributed by atoms with Crippen LogP contribution in [0.1, 0.15) is 0 Å². The SMILES string of the molecule is NC(=O)C(F)=C1NC(=O)NC1=O. The third-order valence-electron chi connectivity index (χ3n) is 1.13. The summed E-state index contributed by atoms with van der Waals surface area (Å²) in [5.74, 6) is -3.86. The zero-order valence-corrected chi connectivity index (χ0v) is 5.68. The molecule has 0 spiro atoms. The first-order valence-corrected chi connectivity index (χ1v) is 2.84. The highest BCUT2D eigenvalue weighted by atomic mass is 19.1. The van der Waals surface area contributed by atoms with Gasteiger partial charge in [0.05, 0.1) is 0 Å². The highest BCUT2D eigenvalue weighted by Gasteiger charge is 2.29. The molecule has 1 heterocycles. The van der Waals surface area contributed by atoms with E-state index < -0.39 is 29.4 Å². The lowest BCUT2D eigenvalue weighted by atomic mass is 10.3. The number of hydrogen-bond acceptors (Lipinski definition) is 3. The van der Waals surface area contributed by atoms with Crippen LogP contribution in [0.5, 0.6) is 0 Å². The highest BCUT2D eigenvalue weighted by Crippen LogP contribution is 2.06. The van der Waals surface area contributed by atoms with Gasteiger partial charge in [0.25, 0.3) is 11.8 Å². The number of amides is 4. The summed E-state index contributed by atoms with van der Waals surface area (Å²) in [6, 6.07) is -0.883. The Morgan fingerprint density at radius 3 is 2.25 bits per heavy atom. The molecule has 0 unspecified atom stereocenters.